The SMILES string of the molecule is NCC(C(=O)O)c1cc(F)c(F)c(Cl)c1F. The van der Waals surface area contributed by atoms with Crippen molar-refractivity contribution in [1.29, 1.82) is 0 Å². The molecule has 0 heterocycles. The van der Waals surface area contributed by atoms with Crippen molar-refractivity contribution in [2.24, 2.45) is 5.73 Å². The summed E-state index contributed by atoms with van der Waals surface area (Å²) in [5, 5.41) is 7.62. The van der Waals surface area contributed by atoms with Crippen LogP contribution in [0.3, 0.4) is 0 Å². The molecule has 7 heteroatoms. The minimum Gasteiger partial charge on any atom is -0.481 e. The van der Waals surface area contributed by atoms with E-state index in [1.165, 1.54) is 0 Å². The van der Waals surface area contributed by atoms with Crippen molar-refractivity contribution in [3.8, 4) is 0 Å². The first-order chi connectivity index (χ1) is 7.40. The highest BCUT2D eigenvalue weighted by Gasteiger charge is 2.26. The predicted octanol–water partition coefficient (Wildman–Crippen LogP) is 1.88. The topological polar surface area (TPSA) is 63.3 Å². The van der Waals surface area contributed by atoms with Crippen molar-refractivity contribution in [3.63, 3.8) is 0 Å². The molecule has 1 aromatic carbocycles. The van der Waals surface area contributed by atoms with Gasteiger partial charge in [-0.2, -0.15) is 0 Å². The molecule has 0 aliphatic heterocycles. The van der Waals surface area contributed by atoms with E-state index in [0.717, 1.165) is 0 Å². The minimum absolute atomic E-state index is 0.447. The Balaban J connectivity index is 3.39. The predicted molar refractivity (Wildman–Crippen MR) is 50.8 cm³/mol. The first-order valence-electron chi connectivity index (χ1n) is 4.15. The molecule has 3 nitrogen and oxygen atoms in total. The van der Waals surface area contributed by atoms with Crippen LogP contribution in [0.1, 0.15) is 11.5 Å². The highest BCUT2D eigenvalue weighted by atomic mass is 35.5. The van der Waals surface area contributed by atoms with Crippen LogP contribution >= 0.6 is 11.6 Å². The van der Waals surface area contributed by atoms with Crippen LogP contribution in [-0.4, -0.2) is 17.6 Å². The number of nitrogens with two attached hydrogens (primary N) is 1. The average Bonchev–Trinajstić information content (AvgIpc) is 2.23. The van der Waals surface area contributed by atoms with Gasteiger partial charge in [0.2, 0.25) is 0 Å². The van der Waals surface area contributed by atoms with Crippen molar-refractivity contribution < 1.29 is 23.1 Å². The average molecular weight is 254 g/mol. The molecule has 0 aliphatic carbocycles. The zero-order chi connectivity index (χ0) is 12.5. The van der Waals surface area contributed by atoms with E-state index >= 15 is 0 Å². The van der Waals surface area contributed by atoms with Gasteiger partial charge in [-0.15, -0.1) is 0 Å². The van der Waals surface area contributed by atoms with Gasteiger partial charge in [0.25, 0.3) is 0 Å². The fraction of sp³-hybridized carbons (Fsp3) is 0.222. The maximum atomic E-state index is 13.4. The quantitative estimate of drug-likeness (QED) is 0.639. The molecule has 1 rings (SSSR count). The van der Waals surface area contributed by atoms with Gasteiger partial charge in [0.1, 0.15) is 10.8 Å². The summed E-state index contributed by atoms with van der Waals surface area (Å²) in [6, 6.07) is 0.447. The lowest BCUT2D eigenvalue weighted by Gasteiger charge is -2.12. The Morgan fingerprint density at radius 3 is 2.44 bits per heavy atom. The van der Waals surface area contributed by atoms with Gasteiger partial charge in [0.15, 0.2) is 11.6 Å². The van der Waals surface area contributed by atoms with Crippen LogP contribution in [0.15, 0.2) is 6.07 Å². The highest BCUT2D eigenvalue weighted by molar-refractivity contribution is 6.31. The van der Waals surface area contributed by atoms with Crippen LogP contribution in [0.5, 0.6) is 0 Å². The molecular formula is C9H7ClF3NO2. The smallest absolute Gasteiger partial charge is 0.312 e. The van der Waals surface area contributed by atoms with Crippen molar-refractivity contribution in [2.45, 2.75) is 5.92 Å². The minimum atomic E-state index is -1.55. The number of benzene rings is 1. The summed E-state index contributed by atoms with van der Waals surface area (Å²) >= 11 is 5.17. The lowest BCUT2D eigenvalue weighted by molar-refractivity contribution is -0.138. The van der Waals surface area contributed by atoms with Crippen LogP contribution in [0.25, 0.3) is 0 Å². The molecule has 0 saturated heterocycles. The van der Waals surface area contributed by atoms with Gasteiger partial charge in [-0.25, -0.2) is 13.2 Å². The molecule has 1 aromatic rings. The van der Waals surface area contributed by atoms with Crippen molar-refractivity contribution in [3.05, 3.63) is 34.1 Å². The third-order valence-corrected chi connectivity index (χ3v) is 2.37. The number of rotatable bonds is 3. The Morgan fingerprint density at radius 1 is 1.44 bits per heavy atom. The fourth-order valence-electron chi connectivity index (χ4n) is 1.21. The molecular weight excluding hydrogens is 247 g/mol. The van der Waals surface area contributed by atoms with E-state index in [4.69, 9.17) is 22.4 Å². The number of hydrogen-bond donors (Lipinski definition) is 2. The zero-order valence-corrected chi connectivity index (χ0v) is 8.56. The summed E-state index contributed by atoms with van der Waals surface area (Å²) in [5.74, 6) is -7.18. The van der Waals surface area contributed by atoms with Gasteiger partial charge in [0, 0.05) is 12.1 Å². The van der Waals surface area contributed by atoms with Crippen LogP contribution in [0, 0.1) is 17.5 Å². The Bertz CT molecular complexity index is 439. The van der Waals surface area contributed by atoms with Gasteiger partial charge in [-0.1, -0.05) is 11.6 Å². The van der Waals surface area contributed by atoms with Crippen molar-refractivity contribution in [1.82, 2.24) is 0 Å². The number of carbonyl (C=O) groups is 1. The number of hydrogen-bond acceptors (Lipinski definition) is 2. The molecule has 3 N–H and O–H groups in total. The van der Waals surface area contributed by atoms with Crippen molar-refractivity contribution >= 4 is 17.6 Å². The Labute approximate surface area is 93.6 Å². The van der Waals surface area contributed by atoms with Crippen molar-refractivity contribution in [2.75, 3.05) is 6.54 Å². The molecule has 1 atom stereocenters. The second-order valence-electron chi connectivity index (χ2n) is 3.02. The van der Waals surface area contributed by atoms with E-state index in [9.17, 15) is 18.0 Å². The first kappa shape index (κ1) is 12.8. The van der Waals surface area contributed by atoms with Crippen LogP contribution in [0.2, 0.25) is 5.02 Å². The monoisotopic (exact) mass is 253 g/mol. The Hall–Kier alpha value is -1.27. The normalized spacial score (nSPS) is 12.6. The molecule has 0 fully saturated rings. The molecule has 0 saturated carbocycles. The van der Waals surface area contributed by atoms with Gasteiger partial charge in [-0.05, 0) is 6.07 Å². The number of carboxylic acids is 1. The maximum Gasteiger partial charge on any atom is 0.312 e. The molecule has 88 valence electrons. The largest absolute Gasteiger partial charge is 0.481 e. The molecule has 1 unspecified atom stereocenters. The van der Waals surface area contributed by atoms with Gasteiger partial charge in [0.05, 0.1) is 5.92 Å². The second-order valence-corrected chi connectivity index (χ2v) is 3.39. The fourth-order valence-corrected chi connectivity index (χ4v) is 1.40. The molecule has 0 bridgehead atoms. The van der Waals surface area contributed by atoms with Gasteiger partial charge < -0.3 is 10.8 Å². The third kappa shape index (κ3) is 2.12. The van der Waals surface area contributed by atoms with Crippen LogP contribution < -0.4 is 5.73 Å². The van der Waals surface area contributed by atoms with Gasteiger partial charge >= 0.3 is 5.97 Å². The molecule has 0 aliphatic rings. The molecule has 0 spiro atoms. The van der Waals surface area contributed by atoms with E-state index in [1.807, 2.05) is 0 Å². The lowest BCUT2D eigenvalue weighted by atomic mass is 9.98. The Kier molecular flexibility index (Phi) is 3.77. The summed E-state index contributed by atoms with van der Waals surface area (Å²) in [4.78, 5) is 10.7. The summed E-state index contributed by atoms with van der Waals surface area (Å²) in [6.07, 6.45) is 0. The lowest BCUT2D eigenvalue weighted by Crippen LogP contribution is -2.22. The maximum absolute atomic E-state index is 13.4. The Morgan fingerprint density at radius 2 is 2.00 bits per heavy atom. The summed E-state index contributed by atoms with van der Waals surface area (Å²) in [5.41, 5.74) is 4.54. The van der Waals surface area contributed by atoms with E-state index in [0.29, 0.717) is 6.07 Å². The molecule has 16 heavy (non-hydrogen) atoms. The summed E-state index contributed by atoms with van der Waals surface area (Å²) < 4.78 is 39.1. The number of carboxylic acid groups (broad SMARTS) is 1. The molecule has 0 radical (unpaired) electrons. The number of aliphatic carboxylic acids is 1. The van der Waals surface area contributed by atoms with Crippen LogP contribution in [-0.2, 0) is 4.79 Å². The molecule has 0 aromatic heterocycles. The third-order valence-electron chi connectivity index (χ3n) is 2.04. The summed E-state index contributed by atoms with van der Waals surface area (Å²) in [7, 11) is 0. The van der Waals surface area contributed by atoms with E-state index in [1.54, 1.807) is 0 Å². The first-order valence-corrected chi connectivity index (χ1v) is 4.53. The number of halogens is 4. The van der Waals surface area contributed by atoms with E-state index in [-0.39, 0.29) is 0 Å². The zero-order valence-electron chi connectivity index (χ0n) is 7.81. The highest BCUT2D eigenvalue weighted by Crippen LogP contribution is 2.29. The standard InChI is InChI=1S/C9H7ClF3NO2/c10-6-7(12)3(1-5(11)8(6)13)4(2-14)9(15)16/h1,4H,2,14H2,(H,15,16). The van der Waals surface area contributed by atoms with Crippen LogP contribution in [0.4, 0.5) is 13.2 Å². The molecule has 0 amide bonds. The summed E-state index contributed by atoms with van der Waals surface area (Å²) in [6.45, 7) is -0.451. The van der Waals surface area contributed by atoms with E-state index in [2.05, 4.69) is 0 Å². The van der Waals surface area contributed by atoms with E-state index < -0.39 is 46.5 Å². The second kappa shape index (κ2) is 4.71. The van der Waals surface area contributed by atoms with Gasteiger partial charge in [-0.3, -0.25) is 4.79 Å².